The van der Waals surface area contributed by atoms with Crippen LogP contribution in [0, 0.1) is 6.92 Å². The van der Waals surface area contributed by atoms with Crippen molar-refractivity contribution in [2.24, 2.45) is 0 Å². The highest BCUT2D eigenvalue weighted by Gasteiger charge is 2.30. The Hall–Kier alpha value is -3.29. The van der Waals surface area contributed by atoms with Crippen molar-refractivity contribution >= 4 is 28.5 Å². The van der Waals surface area contributed by atoms with Crippen LogP contribution in [0.4, 0.5) is 5.69 Å². The van der Waals surface area contributed by atoms with Crippen molar-refractivity contribution in [3.63, 3.8) is 0 Å². The second-order valence-corrected chi connectivity index (χ2v) is 8.71. The van der Waals surface area contributed by atoms with Crippen molar-refractivity contribution in [2.75, 3.05) is 11.9 Å². The molecule has 0 atom stereocenters. The Balaban J connectivity index is 1.61. The van der Waals surface area contributed by atoms with Crippen LogP contribution in [-0.2, 0) is 10.3 Å². The van der Waals surface area contributed by atoms with Crippen LogP contribution in [0.3, 0.4) is 0 Å². The van der Waals surface area contributed by atoms with Gasteiger partial charge in [0.15, 0.2) is 5.65 Å². The van der Waals surface area contributed by atoms with Gasteiger partial charge >= 0.3 is 0 Å². The summed E-state index contributed by atoms with van der Waals surface area (Å²) in [6.07, 6.45) is 5.34. The lowest BCUT2D eigenvalue weighted by Gasteiger charge is -2.20. The van der Waals surface area contributed by atoms with Crippen LogP contribution in [0.5, 0.6) is 0 Å². The van der Waals surface area contributed by atoms with Gasteiger partial charge in [0, 0.05) is 17.8 Å². The molecular formula is C22H26N6O2. The third-order valence-corrected chi connectivity index (χ3v) is 5.06. The van der Waals surface area contributed by atoms with E-state index in [9.17, 15) is 9.59 Å². The summed E-state index contributed by atoms with van der Waals surface area (Å²) in [5, 5.41) is 10.9. The second kappa shape index (κ2) is 7.51. The summed E-state index contributed by atoms with van der Waals surface area (Å²) in [6.45, 7) is 7.93. The van der Waals surface area contributed by atoms with Gasteiger partial charge in [-0.2, -0.15) is 5.10 Å². The van der Waals surface area contributed by atoms with E-state index in [1.165, 1.54) is 0 Å². The molecule has 0 bridgehead atoms. The third-order valence-electron chi connectivity index (χ3n) is 5.06. The molecule has 8 nitrogen and oxygen atoms in total. The van der Waals surface area contributed by atoms with Crippen molar-refractivity contribution in [3.05, 3.63) is 47.5 Å². The number of fused-ring (bicyclic) bond motifs is 1. The number of carbonyl (C=O) groups excluding carboxylic acids is 2. The fraction of sp³-hybridized carbons (Fsp3) is 0.409. The molecular weight excluding hydrogens is 380 g/mol. The minimum Gasteiger partial charge on any atom is -0.343 e. The summed E-state index contributed by atoms with van der Waals surface area (Å²) >= 11 is 0. The highest BCUT2D eigenvalue weighted by atomic mass is 16.2. The monoisotopic (exact) mass is 406 g/mol. The average molecular weight is 406 g/mol. The SMILES string of the molecule is Cc1nn(C(C)(C)C)c2nc(C3CC3)cc(C(=O)NCC(=O)Nc3cccnc3)c12. The molecule has 0 unspecified atom stereocenters. The molecule has 0 aromatic carbocycles. The van der Waals surface area contributed by atoms with Crippen molar-refractivity contribution in [3.8, 4) is 0 Å². The largest absolute Gasteiger partial charge is 0.343 e. The van der Waals surface area contributed by atoms with Gasteiger partial charge in [-0.3, -0.25) is 14.6 Å². The normalized spacial score (nSPS) is 14.0. The number of nitrogens with one attached hydrogen (secondary N) is 2. The first-order valence-corrected chi connectivity index (χ1v) is 10.1. The topological polar surface area (TPSA) is 102 Å². The summed E-state index contributed by atoms with van der Waals surface area (Å²) in [5.74, 6) is -0.230. The van der Waals surface area contributed by atoms with Crippen LogP contribution in [0.2, 0.25) is 0 Å². The van der Waals surface area contributed by atoms with Crippen molar-refractivity contribution < 1.29 is 9.59 Å². The van der Waals surface area contributed by atoms with Gasteiger partial charge in [0.25, 0.3) is 5.91 Å². The zero-order valence-electron chi connectivity index (χ0n) is 17.7. The summed E-state index contributed by atoms with van der Waals surface area (Å²) in [5.41, 5.74) is 3.22. The molecule has 1 saturated carbocycles. The Labute approximate surface area is 175 Å². The predicted octanol–water partition coefficient (Wildman–Crippen LogP) is 3.14. The number of nitrogens with zero attached hydrogens (tertiary/aromatic N) is 4. The summed E-state index contributed by atoms with van der Waals surface area (Å²) in [6, 6.07) is 5.33. The average Bonchev–Trinajstić information content (AvgIpc) is 3.49. The quantitative estimate of drug-likeness (QED) is 0.678. The third kappa shape index (κ3) is 4.03. The van der Waals surface area contributed by atoms with Crippen molar-refractivity contribution in [1.29, 1.82) is 0 Å². The summed E-state index contributed by atoms with van der Waals surface area (Å²) in [7, 11) is 0. The highest BCUT2D eigenvalue weighted by molar-refractivity contribution is 6.08. The molecule has 156 valence electrons. The van der Waals surface area contributed by atoms with Crippen LogP contribution in [0.1, 0.15) is 61.3 Å². The number of aryl methyl sites for hydroxylation is 1. The van der Waals surface area contributed by atoms with Gasteiger partial charge in [0.2, 0.25) is 5.91 Å². The van der Waals surface area contributed by atoms with Crippen LogP contribution in [0.25, 0.3) is 11.0 Å². The van der Waals surface area contributed by atoms with E-state index in [4.69, 9.17) is 4.98 Å². The minimum atomic E-state index is -0.314. The highest BCUT2D eigenvalue weighted by Crippen LogP contribution is 2.40. The molecule has 3 heterocycles. The Morgan fingerprint density at radius 2 is 2.03 bits per heavy atom. The van der Waals surface area contributed by atoms with Gasteiger partial charge in [-0.1, -0.05) is 0 Å². The molecule has 1 aliphatic carbocycles. The molecule has 1 fully saturated rings. The number of carbonyl (C=O) groups is 2. The predicted molar refractivity (Wildman–Crippen MR) is 114 cm³/mol. The van der Waals surface area contributed by atoms with Gasteiger partial charge in [0.1, 0.15) is 0 Å². The van der Waals surface area contributed by atoms with E-state index in [-0.39, 0.29) is 23.9 Å². The lowest BCUT2D eigenvalue weighted by molar-refractivity contribution is -0.115. The first kappa shape index (κ1) is 20.0. The Bertz CT molecular complexity index is 1110. The van der Waals surface area contributed by atoms with Crippen molar-refractivity contribution in [2.45, 2.75) is 52.0 Å². The molecule has 1 aliphatic rings. The zero-order valence-corrected chi connectivity index (χ0v) is 17.7. The fourth-order valence-corrected chi connectivity index (χ4v) is 3.44. The van der Waals surface area contributed by atoms with E-state index in [0.29, 0.717) is 17.2 Å². The zero-order chi connectivity index (χ0) is 21.5. The number of aromatic nitrogens is 4. The first-order chi connectivity index (χ1) is 14.2. The standard InChI is InChI=1S/C22H26N6O2/c1-13-19-16(21(30)24-12-18(29)25-15-6-5-9-23-11-15)10-17(14-7-8-14)26-20(19)28(27-13)22(2,3)4/h5-6,9-11,14H,7-8,12H2,1-4H3,(H,24,30)(H,25,29). The van der Waals surface area contributed by atoms with Gasteiger partial charge in [-0.25, -0.2) is 9.67 Å². The molecule has 8 heteroatoms. The number of rotatable bonds is 5. The van der Waals surface area contributed by atoms with Crippen molar-refractivity contribution in [1.82, 2.24) is 25.1 Å². The molecule has 2 N–H and O–H groups in total. The molecule has 30 heavy (non-hydrogen) atoms. The van der Waals surface area contributed by atoms with E-state index in [2.05, 4.69) is 41.5 Å². The van der Waals surface area contributed by atoms with Crippen LogP contribution >= 0.6 is 0 Å². The maximum absolute atomic E-state index is 13.1. The van der Waals surface area contributed by atoms with E-state index in [0.717, 1.165) is 35.3 Å². The fourth-order valence-electron chi connectivity index (χ4n) is 3.44. The summed E-state index contributed by atoms with van der Waals surface area (Å²) in [4.78, 5) is 34.1. The molecule has 0 spiro atoms. The lowest BCUT2D eigenvalue weighted by Crippen LogP contribution is -2.33. The van der Waals surface area contributed by atoms with Crippen LogP contribution in [0.15, 0.2) is 30.6 Å². The number of hydrogen-bond donors (Lipinski definition) is 2. The van der Waals surface area contributed by atoms with Crippen LogP contribution < -0.4 is 10.6 Å². The van der Waals surface area contributed by atoms with E-state index in [1.807, 2.05) is 17.7 Å². The van der Waals surface area contributed by atoms with Gasteiger partial charge < -0.3 is 10.6 Å². The second-order valence-electron chi connectivity index (χ2n) is 8.71. The lowest BCUT2D eigenvalue weighted by atomic mass is 10.1. The number of anilines is 1. The number of hydrogen-bond acceptors (Lipinski definition) is 5. The molecule has 3 aromatic heterocycles. The van der Waals surface area contributed by atoms with Gasteiger partial charge in [-0.15, -0.1) is 0 Å². The Morgan fingerprint density at radius 3 is 2.67 bits per heavy atom. The summed E-state index contributed by atoms with van der Waals surface area (Å²) < 4.78 is 1.88. The van der Waals surface area contributed by atoms with E-state index >= 15 is 0 Å². The molecule has 3 aromatic rings. The smallest absolute Gasteiger partial charge is 0.252 e. The van der Waals surface area contributed by atoms with E-state index < -0.39 is 0 Å². The molecule has 2 amide bonds. The number of amides is 2. The Kier molecular flexibility index (Phi) is 5.01. The minimum absolute atomic E-state index is 0.136. The van der Waals surface area contributed by atoms with Crippen LogP contribution in [-0.4, -0.2) is 38.1 Å². The maximum atomic E-state index is 13.1. The van der Waals surface area contributed by atoms with Gasteiger partial charge in [-0.05, 0) is 58.7 Å². The van der Waals surface area contributed by atoms with Gasteiger partial charge in [0.05, 0.1) is 40.6 Å². The maximum Gasteiger partial charge on any atom is 0.252 e. The molecule has 0 radical (unpaired) electrons. The Morgan fingerprint density at radius 1 is 1.27 bits per heavy atom. The first-order valence-electron chi connectivity index (χ1n) is 10.1. The molecule has 0 saturated heterocycles. The number of pyridine rings is 2. The van der Waals surface area contributed by atoms with E-state index in [1.54, 1.807) is 24.5 Å². The molecule has 0 aliphatic heterocycles. The molecule has 4 rings (SSSR count).